The van der Waals surface area contributed by atoms with Crippen LogP contribution in [0.15, 0.2) is 0 Å². The molecule has 2 atom stereocenters. The number of carbonyl (C=O) groups is 1. The van der Waals surface area contributed by atoms with Crippen LogP contribution in [0.3, 0.4) is 0 Å². The molecule has 1 rings (SSSR count). The quantitative estimate of drug-likeness (QED) is 0.696. The lowest BCUT2D eigenvalue weighted by molar-refractivity contribution is -0.143. The molecule has 0 spiro atoms. The van der Waals surface area contributed by atoms with Crippen molar-refractivity contribution in [3.8, 4) is 0 Å². The zero-order valence-corrected chi connectivity index (χ0v) is 7.79. The van der Waals surface area contributed by atoms with Gasteiger partial charge in [0.25, 0.3) is 0 Å². The summed E-state index contributed by atoms with van der Waals surface area (Å²) in [5.74, 6) is -0.699. The molecule has 1 N–H and O–H groups in total. The minimum absolute atomic E-state index is 0.308. The van der Waals surface area contributed by atoms with Gasteiger partial charge in [-0.05, 0) is 32.7 Å². The van der Waals surface area contributed by atoms with Gasteiger partial charge in [0, 0.05) is 6.04 Å². The average Bonchev–Trinajstić information content (AvgIpc) is 2.49. The van der Waals surface area contributed by atoms with Gasteiger partial charge in [-0.1, -0.05) is 6.92 Å². The van der Waals surface area contributed by atoms with E-state index in [9.17, 15) is 4.79 Å². The molecule has 0 aromatic heterocycles. The second-order valence-corrected chi connectivity index (χ2v) is 3.46. The van der Waals surface area contributed by atoms with Crippen LogP contribution in [0.2, 0.25) is 0 Å². The number of carboxylic acids is 1. The van der Waals surface area contributed by atoms with Crippen LogP contribution in [0, 0.1) is 0 Å². The van der Waals surface area contributed by atoms with Gasteiger partial charge in [-0.2, -0.15) is 0 Å². The fourth-order valence-electron chi connectivity index (χ4n) is 1.95. The van der Waals surface area contributed by atoms with Crippen molar-refractivity contribution in [2.75, 3.05) is 6.54 Å². The maximum Gasteiger partial charge on any atom is 0.320 e. The molecule has 0 aromatic carbocycles. The van der Waals surface area contributed by atoms with Crippen molar-refractivity contribution in [3.05, 3.63) is 0 Å². The van der Waals surface area contributed by atoms with E-state index >= 15 is 0 Å². The maximum absolute atomic E-state index is 10.7. The lowest BCUT2D eigenvalue weighted by Gasteiger charge is -2.26. The molecule has 12 heavy (non-hydrogen) atoms. The second-order valence-electron chi connectivity index (χ2n) is 3.46. The zero-order chi connectivity index (χ0) is 9.14. The standard InChI is InChI=1S/C9H17NO2/c1-3-8-5-4-6-10(8)7(2)9(11)12/h7-8H,3-6H2,1-2H3,(H,11,12). The Morgan fingerprint density at radius 1 is 1.75 bits per heavy atom. The van der Waals surface area contributed by atoms with Crippen molar-refractivity contribution in [2.24, 2.45) is 0 Å². The Morgan fingerprint density at radius 3 is 2.92 bits per heavy atom. The fourth-order valence-corrected chi connectivity index (χ4v) is 1.95. The van der Waals surface area contributed by atoms with Gasteiger partial charge in [-0.25, -0.2) is 0 Å². The van der Waals surface area contributed by atoms with E-state index in [1.54, 1.807) is 6.92 Å². The molecule has 0 radical (unpaired) electrons. The van der Waals surface area contributed by atoms with Crippen LogP contribution in [-0.2, 0) is 4.79 Å². The summed E-state index contributed by atoms with van der Waals surface area (Å²) in [6.45, 7) is 4.85. The smallest absolute Gasteiger partial charge is 0.320 e. The van der Waals surface area contributed by atoms with Crippen LogP contribution in [0.4, 0.5) is 0 Å². The summed E-state index contributed by atoms with van der Waals surface area (Å²) in [6, 6.07) is 0.188. The number of likely N-dealkylation sites (tertiary alicyclic amines) is 1. The largest absolute Gasteiger partial charge is 0.480 e. The summed E-state index contributed by atoms with van der Waals surface area (Å²) in [5.41, 5.74) is 0. The van der Waals surface area contributed by atoms with Crippen LogP contribution in [-0.4, -0.2) is 34.6 Å². The Bertz CT molecular complexity index is 170. The number of aliphatic carboxylic acids is 1. The Kier molecular flexibility index (Phi) is 3.09. The van der Waals surface area contributed by atoms with Crippen molar-refractivity contribution in [1.82, 2.24) is 4.90 Å². The number of hydrogen-bond donors (Lipinski definition) is 1. The third-order valence-electron chi connectivity index (χ3n) is 2.75. The first-order chi connectivity index (χ1) is 5.66. The predicted octanol–water partition coefficient (Wildman–Crippen LogP) is 1.33. The summed E-state index contributed by atoms with van der Waals surface area (Å²) in [6.07, 6.45) is 3.38. The minimum atomic E-state index is -0.699. The molecule has 1 saturated heterocycles. The van der Waals surface area contributed by atoms with Gasteiger partial charge in [-0.15, -0.1) is 0 Å². The molecule has 3 heteroatoms. The average molecular weight is 171 g/mol. The second kappa shape index (κ2) is 3.90. The van der Waals surface area contributed by atoms with E-state index in [0.29, 0.717) is 6.04 Å². The molecule has 0 bridgehead atoms. The highest BCUT2D eigenvalue weighted by Gasteiger charge is 2.30. The van der Waals surface area contributed by atoms with Crippen molar-refractivity contribution >= 4 is 5.97 Å². The molecule has 1 heterocycles. The molecule has 3 nitrogen and oxygen atoms in total. The van der Waals surface area contributed by atoms with Gasteiger partial charge >= 0.3 is 5.97 Å². The molecule has 0 aliphatic carbocycles. The van der Waals surface area contributed by atoms with Gasteiger partial charge in [0.15, 0.2) is 0 Å². The number of rotatable bonds is 3. The summed E-state index contributed by atoms with van der Waals surface area (Å²) in [4.78, 5) is 12.8. The zero-order valence-electron chi connectivity index (χ0n) is 7.79. The third-order valence-corrected chi connectivity index (χ3v) is 2.75. The summed E-state index contributed by atoms with van der Waals surface area (Å²) >= 11 is 0. The van der Waals surface area contributed by atoms with Gasteiger partial charge < -0.3 is 5.11 Å². The highest BCUT2D eigenvalue weighted by atomic mass is 16.4. The molecule has 1 fully saturated rings. The van der Waals surface area contributed by atoms with E-state index in [2.05, 4.69) is 11.8 Å². The Hall–Kier alpha value is -0.570. The molecule has 0 amide bonds. The molecular formula is C9H17NO2. The first-order valence-corrected chi connectivity index (χ1v) is 4.65. The van der Waals surface area contributed by atoms with Gasteiger partial charge in [0.2, 0.25) is 0 Å². The molecular weight excluding hydrogens is 154 g/mol. The lowest BCUT2D eigenvalue weighted by atomic mass is 10.1. The van der Waals surface area contributed by atoms with Crippen LogP contribution >= 0.6 is 0 Å². The lowest BCUT2D eigenvalue weighted by Crippen LogP contribution is -2.41. The Labute approximate surface area is 73.4 Å². The summed E-state index contributed by atoms with van der Waals surface area (Å²) in [7, 11) is 0. The van der Waals surface area contributed by atoms with E-state index < -0.39 is 5.97 Å². The van der Waals surface area contributed by atoms with Crippen molar-refractivity contribution in [1.29, 1.82) is 0 Å². The molecule has 0 saturated carbocycles. The fraction of sp³-hybridized carbons (Fsp3) is 0.889. The molecule has 70 valence electrons. The molecule has 1 aliphatic rings. The van der Waals surface area contributed by atoms with Gasteiger partial charge in [-0.3, -0.25) is 9.69 Å². The first-order valence-electron chi connectivity index (χ1n) is 4.65. The highest BCUT2D eigenvalue weighted by molar-refractivity contribution is 5.73. The van der Waals surface area contributed by atoms with Crippen LogP contribution in [0.5, 0.6) is 0 Å². The van der Waals surface area contributed by atoms with Crippen molar-refractivity contribution < 1.29 is 9.90 Å². The van der Waals surface area contributed by atoms with E-state index in [1.165, 1.54) is 0 Å². The topological polar surface area (TPSA) is 40.5 Å². The van der Waals surface area contributed by atoms with Crippen molar-refractivity contribution in [2.45, 2.75) is 45.2 Å². The highest BCUT2D eigenvalue weighted by Crippen LogP contribution is 2.22. The molecule has 2 unspecified atom stereocenters. The van der Waals surface area contributed by atoms with Gasteiger partial charge in [0.05, 0.1) is 0 Å². The van der Waals surface area contributed by atoms with Crippen LogP contribution in [0.1, 0.15) is 33.1 Å². The SMILES string of the molecule is CCC1CCCN1C(C)C(=O)O. The molecule has 1 aliphatic heterocycles. The van der Waals surface area contributed by atoms with E-state index in [1.807, 2.05) is 0 Å². The van der Waals surface area contributed by atoms with E-state index in [4.69, 9.17) is 5.11 Å². The number of carboxylic acid groups (broad SMARTS) is 1. The van der Waals surface area contributed by atoms with Crippen molar-refractivity contribution in [3.63, 3.8) is 0 Å². The predicted molar refractivity (Wildman–Crippen MR) is 47.1 cm³/mol. The number of nitrogens with zero attached hydrogens (tertiary/aromatic N) is 1. The van der Waals surface area contributed by atoms with E-state index in [-0.39, 0.29) is 6.04 Å². The number of hydrogen-bond acceptors (Lipinski definition) is 2. The molecule has 0 aromatic rings. The van der Waals surface area contributed by atoms with Crippen LogP contribution < -0.4 is 0 Å². The first kappa shape index (κ1) is 9.52. The normalized spacial score (nSPS) is 27.3. The maximum atomic E-state index is 10.7. The Balaban J connectivity index is 2.55. The van der Waals surface area contributed by atoms with E-state index in [0.717, 1.165) is 25.8 Å². The summed E-state index contributed by atoms with van der Waals surface area (Å²) in [5, 5.41) is 8.81. The third kappa shape index (κ3) is 1.78. The minimum Gasteiger partial charge on any atom is -0.480 e. The Morgan fingerprint density at radius 2 is 2.42 bits per heavy atom. The summed E-state index contributed by atoms with van der Waals surface area (Å²) < 4.78 is 0. The van der Waals surface area contributed by atoms with Crippen LogP contribution in [0.25, 0.3) is 0 Å². The monoisotopic (exact) mass is 171 g/mol. The van der Waals surface area contributed by atoms with Gasteiger partial charge in [0.1, 0.15) is 6.04 Å².